The minimum atomic E-state index is 0.224. The maximum atomic E-state index is 9.94. The van der Waals surface area contributed by atoms with E-state index in [2.05, 4.69) is 4.90 Å². The maximum absolute atomic E-state index is 9.94. The molecule has 1 aromatic rings. The molecule has 1 aromatic carbocycles. The summed E-state index contributed by atoms with van der Waals surface area (Å²) in [5.41, 5.74) is 1.49. The van der Waals surface area contributed by atoms with Crippen molar-refractivity contribution in [1.29, 1.82) is 0 Å². The summed E-state index contributed by atoms with van der Waals surface area (Å²) in [6, 6.07) is 5.71. The van der Waals surface area contributed by atoms with Crippen LogP contribution in [0.4, 0.5) is 0 Å². The van der Waals surface area contributed by atoms with Crippen molar-refractivity contribution in [2.24, 2.45) is 5.41 Å². The lowest BCUT2D eigenvalue weighted by Gasteiger charge is -2.43. The molecule has 3 rings (SSSR count). The van der Waals surface area contributed by atoms with Crippen molar-refractivity contribution in [3.8, 4) is 11.5 Å². The third-order valence-corrected chi connectivity index (χ3v) is 5.45. The summed E-state index contributed by atoms with van der Waals surface area (Å²) < 4.78 is 10.9. The van der Waals surface area contributed by atoms with Gasteiger partial charge in [0, 0.05) is 25.6 Å². The summed E-state index contributed by atoms with van der Waals surface area (Å²) >= 11 is 0. The van der Waals surface area contributed by atoms with Crippen molar-refractivity contribution in [3.05, 3.63) is 23.8 Å². The molecule has 0 bridgehead atoms. The lowest BCUT2D eigenvalue weighted by molar-refractivity contribution is -0.0366. The molecule has 1 aliphatic heterocycles. The highest BCUT2D eigenvalue weighted by Gasteiger charge is 2.45. The average Bonchev–Trinajstić information content (AvgIpc) is 2.89. The van der Waals surface area contributed by atoms with E-state index in [0.717, 1.165) is 25.2 Å². The third kappa shape index (κ3) is 2.95. The second kappa shape index (κ2) is 6.47. The van der Waals surface area contributed by atoms with E-state index in [-0.39, 0.29) is 5.75 Å². The summed E-state index contributed by atoms with van der Waals surface area (Å²) in [4.78, 5) is 2.52. The zero-order valence-electron chi connectivity index (χ0n) is 13.7. The van der Waals surface area contributed by atoms with Crippen LogP contribution in [-0.2, 0) is 11.3 Å². The second-order valence-electron chi connectivity index (χ2n) is 6.80. The molecule has 1 heterocycles. The van der Waals surface area contributed by atoms with Gasteiger partial charge >= 0.3 is 0 Å². The highest BCUT2D eigenvalue weighted by Crippen LogP contribution is 2.46. The number of ether oxygens (including phenoxy) is 2. The number of aromatic hydroxyl groups is 1. The standard InChI is InChI=1S/C18H27NO3/c1-21-16-7-6-14(11-15(16)20)12-19-10-4-9-18(13-19)8-3-5-17(18)22-2/h6-7,11,17,20H,3-5,8-10,12-13H2,1-2H3/t17-,18-/m1/s1. The Morgan fingerprint density at radius 1 is 1.27 bits per heavy atom. The van der Waals surface area contributed by atoms with Gasteiger partial charge in [-0.05, 0) is 49.9 Å². The molecule has 2 atom stereocenters. The van der Waals surface area contributed by atoms with E-state index < -0.39 is 0 Å². The zero-order chi connectivity index (χ0) is 15.6. The van der Waals surface area contributed by atoms with Crippen LogP contribution in [0.2, 0.25) is 0 Å². The number of methoxy groups -OCH3 is 2. The molecule has 1 aliphatic carbocycles. The minimum absolute atomic E-state index is 0.224. The van der Waals surface area contributed by atoms with Gasteiger partial charge in [0.2, 0.25) is 0 Å². The number of hydrogen-bond acceptors (Lipinski definition) is 4. The van der Waals surface area contributed by atoms with Crippen LogP contribution in [0.15, 0.2) is 18.2 Å². The Hall–Kier alpha value is -1.26. The Labute approximate surface area is 133 Å². The summed E-state index contributed by atoms with van der Waals surface area (Å²) in [5.74, 6) is 0.761. The molecule has 2 aliphatic rings. The van der Waals surface area contributed by atoms with Gasteiger partial charge in [0.05, 0.1) is 13.2 Å². The average molecular weight is 305 g/mol. The summed E-state index contributed by atoms with van der Waals surface area (Å²) in [6.45, 7) is 3.12. The lowest BCUT2D eigenvalue weighted by atomic mass is 9.76. The van der Waals surface area contributed by atoms with Gasteiger partial charge < -0.3 is 14.6 Å². The fourth-order valence-electron chi connectivity index (χ4n) is 4.43. The first-order valence-electron chi connectivity index (χ1n) is 8.28. The van der Waals surface area contributed by atoms with Gasteiger partial charge in [-0.3, -0.25) is 4.90 Å². The van der Waals surface area contributed by atoms with Crippen LogP contribution in [-0.4, -0.2) is 43.4 Å². The predicted molar refractivity (Wildman–Crippen MR) is 86.3 cm³/mol. The number of hydrogen-bond donors (Lipinski definition) is 1. The minimum Gasteiger partial charge on any atom is -0.504 e. The van der Waals surface area contributed by atoms with Crippen molar-refractivity contribution in [2.45, 2.75) is 44.8 Å². The van der Waals surface area contributed by atoms with Crippen LogP contribution >= 0.6 is 0 Å². The largest absolute Gasteiger partial charge is 0.504 e. The molecule has 2 fully saturated rings. The molecule has 1 saturated carbocycles. The van der Waals surface area contributed by atoms with Gasteiger partial charge in [0.25, 0.3) is 0 Å². The molecular weight excluding hydrogens is 278 g/mol. The molecule has 0 radical (unpaired) electrons. The van der Waals surface area contributed by atoms with E-state index in [9.17, 15) is 5.11 Å². The molecule has 122 valence electrons. The molecule has 22 heavy (non-hydrogen) atoms. The maximum Gasteiger partial charge on any atom is 0.160 e. The molecule has 0 aromatic heterocycles. The number of piperidine rings is 1. The van der Waals surface area contributed by atoms with E-state index in [1.165, 1.54) is 32.1 Å². The highest BCUT2D eigenvalue weighted by molar-refractivity contribution is 5.41. The summed E-state index contributed by atoms with van der Waals surface area (Å²) in [7, 11) is 3.44. The van der Waals surface area contributed by atoms with Gasteiger partial charge in [-0.25, -0.2) is 0 Å². The van der Waals surface area contributed by atoms with Gasteiger partial charge in [-0.1, -0.05) is 12.5 Å². The number of phenols is 1. The third-order valence-electron chi connectivity index (χ3n) is 5.45. The van der Waals surface area contributed by atoms with Crippen molar-refractivity contribution in [3.63, 3.8) is 0 Å². The first-order chi connectivity index (χ1) is 10.7. The van der Waals surface area contributed by atoms with Crippen molar-refractivity contribution in [2.75, 3.05) is 27.3 Å². The molecule has 0 unspecified atom stereocenters. The van der Waals surface area contributed by atoms with Crippen LogP contribution in [0.25, 0.3) is 0 Å². The van der Waals surface area contributed by atoms with Gasteiger partial charge in [-0.2, -0.15) is 0 Å². The second-order valence-corrected chi connectivity index (χ2v) is 6.80. The number of rotatable bonds is 4. The molecule has 1 N–H and O–H groups in total. The molecular formula is C18H27NO3. The molecule has 4 heteroatoms. The van der Waals surface area contributed by atoms with Crippen LogP contribution in [0, 0.1) is 5.41 Å². The topological polar surface area (TPSA) is 41.9 Å². The van der Waals surface area contributed by atoms with Gasteiger partial charge in [0.1, 0.15) is 0 Å². The summed E-state index contributed by atoms with van der Waals surface area (Å²) in [6.07, 6.45) is 6.72. The Morgan fingerprint density at radius 2 is 2.09 bits per heavy atom. The van der Waals surface area contributed by atoms with Crippen LogP contribution in [0.3, 0.4) is 0 Å². The quantitative estimate of drug-likeness (QED) is 0.927. The highest BCUT2D eigenvalue weighted by atomic mass is 16.5. The van der Waals surface area contributed by atoms with Crippen molar-refractivity contribution in [1.82, 2.24) is 4.90 Å². The monoisotopic (exact) mass is 305 g/mol. The van der Waals surface area contributed by atoms with Crippen LogP contribution < -0.4 is 4.74 Å². The number of benzene rings is 1. The van der Waals surface area contributed by atoms with E-state index in [1.807, 2.05) is 25.3 Å². The fraction of sp³-hybridized carbons (Fsp3) is 0.667. The Bertz CT molecular complexity index is 519. The normalized spacial score (nSPS) is 29.1. The van der Waals surface area contributed by atoms with Crippen molar-refractivity contribution < 1.29 is 14.6 Å². The first-order valence-corrected chi connectivity index (χ1v) is 8.28. The lowest BCUT2D eigenvalue weighted by Crippen LogP contribution is -2.47. The zero-order valence-corrected chi connectivity index (χ0v) is 13.7. The van der Waals surface area contributed by atoms with E-state index in [1.54, 1.807) is 7.11 Å². The number of likely N-dealkylation sites (tertiary alicyclic amines) is 1. The van der Waals surface area contributed by atoms with E-state index in [0.29, 0.717) is 17.3 Å². The molecule has 1 spiro atoms. The van der Waals surface area contributed by atoms with Gasteiger partial charge in [0.15, 0.2) is 11.5 Å². The van der Waals surface area contributed by atoms with E-state index >= 15 is 0 Å². The Morgan fingerprint density at radius 3 is 2.82 bits per heavy atom. The first kappa shape index (κ1) is 15.6. The fourth-order valence-corrected chi connectivity index (χ4v) is 4.43. The Balaban J connectivity index is 1.69. The van der Waals surface area contributed by atoms with E-state index in [4.69, 9.17) is 9.47 Å². The molecule has 1 saturated heterocycles. The smallest absolute Gasteiger partial charge is 0.160 e. The molecule has 4 nitrogen and oxygen atoms in total. The number of phenolic OH excluding ortho intramolecular Hbond substituents is 1. The summed E-state index contributed by atoms with van der Waals surface area (Å²) in [5, 5.41) is 9.94. The SMILES string of the molecule is COc1ccc(CN2CCC[C@]3(CCC[C@H]3OC)C2)cc1O. The Kier molecular flexibility index (Phi) is 4.59. The molecule has 0 amide bonds. The van der Waals surface area contributed by atoms with Gasteiger partial charge in [-0.15, -0.1) is 0 Å². The number of nitrogens with zero attached hydrogens (tertiary/aromatic N) is 1. The van der Waals surface area contributed by atoms with Crippen molar-refractivity contribution >= 4 is 0 Å². The van der Waals surface area contributed by atoms with Crippen LogP contribution in [0.1, 0.15) is 37.7 Å². The predicted octanol–water partition coefficient (Wildman–Crippen LogP) is 3.18. The van der Waals surface area contributed by atoms with Crippen LogP contribution in [0.5, 0.6) is 11.5 Å².